The van der Waals surface area contributed by atoms with Gasteiger partial charge in [0.1, 0.15) is 0 Å². The number of aliphatic carboxylic acids is 1. The fraction of sp³-hybridized carbons (Fsp3) is 0.471. The van der Waals surface area contributed by atoms with Gasteiger partial charge in [-0.05, 0) is 31.0 Å². The average Bonchev–Trinajstić information content (AvgIpc) is 2.88. The molecule has 1 saturated heterocycles. The molecule has 23 heavy (non-hydrogen) atoms. The normalized spacial score (nSPS) is 17.4. The highest BCUT2D eigenvalue weighted by molar-refractivity contribution is 6.00. The summed E-state index contributed by atoms with van der Waals surface area (Å²) in [6.07, 6.45) is 0.0766. The monoisotopic (exact) mass is 318 g/mol. The smallest absolute Gasteiger partial charge is 0.305 e. The van der Waals surface area contributed by atoms with Gasteiger partial charge in [-0.1, -0.05) is 12.1 Å². The summed E-state index contributed by atoms with van der Waals surface area (Å²) in [5.74, 6) is -1.60. The van der Waals surface area contributed by atoms with E-state index in [1.54, 1.807) is 11.9 Å². The third-order valence-electron chi connectivity index (χ3n) is 4.38. The number of anilines is 1. The molecule has 1 aromatic carbocycles. The molecule has 2 rings (SSSR count). The second kappa shape index (κ2) is 6.81. The van der Waals surface area contributed by atoms with Gasteiger partial charge in [0.25, 0.3) is 0 Å². The van der Waals surface area contributed by atoms with Crippen molar-refractivity contribution in [3.8, 4) is 0 Å². The van der Waals surface area contributed by atoms with Gasteiger partial charge in [-0.3, -0.25) is 14.4 Å². The van der Waals surface area contributed by atoms with Crippen molar-refractivity contribution < 1.29 is 19.5 Å². The first-order valence-electron chi connectivity index (χ1n) is 7.64. The fourth-order valence-electron chi connectivity index (χ4n) is 2.82. The Labute approximate surface area is 135 Å². The predicted octanol–water partition coefficient (Wildman–Crippen LogP) is 1.59. The Kier molecular flexibility index (Phi) is 5.03. The van der Waals surface area contributed by atoms with E-state index in [0.717, 1.165) is 16.8 Å². The maximum Gasteiger partial charge on any atom is 0.305 e. The topological polar surface area (TPSA) is 77.9 Å². The van der Waals surface area contributed by atoms with Crippen LogP contribution in [0.5, 0.6) is 0 Å². The van der Waals surface area contributed by atoms with Crippen molar-refractivity contribution in [3.63, 3.8) is 0 Å². The molecule has 1 unspecified atom stereocenters. The molecule has 0 spiro atoms. The van der Waals surface area contributed by atoms with E-state index in [9.17, 15) is 14.4 Å². The number of carboxylic acids is 1. The number of amides is 2. The molecule has 124 valence electrons. The predicted molar refractivity (Wildman–Crippen MR) is 86.3 cm³/mol. The van der Waals surface area contributed by atoms with Crippen molar-refractivity contribution in [2.75, 3.05) is 25.0 Å². The highest BCUT2D eigenvalue weighted by Crippen LogP contribution is 2.30. The van der Waals surface area contributed by atoms with Crippen molar-refractivity contribution in [1.82, 2.24) is 4.90 Å². The van der Waals surface area contributed by atoms with Crippen molar-refractivity contribution in [2.45, 2.75) is 26.7 Å². The van der Waals surface area contributed by atoms with Gasteiger partial charge >= 0.3 is 5.97 Å². The quantitative estimate of drug-likeness (QED) is 0.894. The molecule has 0 saturated carbocycles. The summed E-state index contributed by atoms with van der Waals surface area (Å²) in [5, 5.41) is 8.70. The largest absolute Gasteiger partial charge is 0.481 e. The number of rotatable bonds is 5. The summed E-state index contributed by atoms with van der Waals surface area (Å²) in [7, 11) is 1.58. The Morgan fingerprint density at radius 2 is 2.04 bits per heavy atom. The minimum absolute atomic E-state index is 0.0660. The molecular formula is C17H22N2O4. The van der Waals surface area contributed by atoms with Crippen LogP contribution in [0.4, 0.5) is 5.69 Å². The lowest BCUT2D eigenvalue weighted by molar-refractivity contribution is -0.139. The lowest BCUT2D eigenvalue weighted by Gasteiger charge is -2.22. The Morgan fingerprint density at radius 1 is 1.35 bits per heavy atom. The molecule has 1 atom stereocenters. The van der Waals surface area contributed by atoms with E-state index in [0.29, 0.717) is 6.54 Å². The molecular weight excluding hydrogens is 296 g/mol. The van der Waals surface area contributed by atoms with Crippen LogP contribution in [-0.2, 0) is 14.4 Å². The van der Waals surface area contributed by atoms with E-state index in [4.69, 9.17) is 5.11 Å². The fourth-order valence-corrected chi connectivity index (χ4v) is 2.82. The molecule has 1 aliphatic heterocycles. The Bertz CT molecular complexity index is 641. The zero-order valence-corrected chi connectivity index (χ0v) is 13.7. The van der Waals surface area contributed by atoms with Gasteiger partial charge in [-0.25, -0.2) is 0 Å². The van der Waals surface area contributed by atoms with Crippen molar-refractivity contribution >= 4 is 23.5 Å². The standard InChI is InChI=1S/C17H22N2O4/c1-11-5-4-6-14(12(11)2)19-10-13(9-15(19)20)17(23)18(3)8-7-16(21)22/h4-6,13H,7-10H2,1-3H3,(H,21,22). The van der Waals surface area contributed by atoms with Crippen LogP contribution >= 0.6 is 0 Å². The van der Waals surface area contributed by atoms with E-state index in [-0.39, 0.29) is 31.2 Å². The number of nitrogens with zero attached hydrogens (tertiary/aromatic N) is 2. The summed E-state index contributed by atoms with van der Waals surface area (Å²) in [4.78, 5) is 38.4. The number of hydrogen-bond acceptors (Lipinski definition) is 3. The molecule has 0 aromatic heterocycles. The van der Waals surface area contributed by atoms with E-state index < -0.39 is 11.9 Å². The Morgan fingerprint density at radius 3 is 2.70 bits per heavy atom. The number of hydrogen-bond donors (Lipinski definition) is 1. The second-order valence-corrected chi connectivity index (χ2v) is 6.03. The molecule has 0 radical (unpaired) electrons. The minimum atomic E-state index is -0.941. The van der Waals surface area contributed by atoms with Gasteiger partial charge in [0.15, 0.2) is 0 Å². The number of carbonyl (C=O) groups is 3. The number of carbonyl (C=O) groups excluding carboxylic acids is 2. The summed E-state index contributed by atoms with van der Waals surface area (Å²) in [6.45, 7) is 4.45. The minimum Gasteiger partial charge on any atom is -0.481 e. The first kappa shape index (κ1) is 17.0. The van der Waals surface area contributed by atoms with Gasteiger partial charge in [-0.2, -0.15) is 0 Å². The molecule has 1 N–H and O–H groups in total. The zero-order valence-electron chi connectivity index (χ0n) is 13.7. The van der Waals surface area contributed by atoms with Gasteiger partial charge in [0.2, 0.25) is 11.8 Å². The summed E-state index contributed by atoms with van der Waals surface area (Å²) < 4.78 is 0. The molecule has 2 amide bonds. The van der Waals surface area contributed by atoms with Crippen LogP contribution < -0.4 is 4.90 Å². The van der Waals surface area contributed by atoms with Crippen molar-refractivity contribution in [3.05, 3.63) is 29.3 Å². The third kappa shape index (κ3) is 3.70. The molecule has 0 bridgehead atoms. The molecule has 1 heterocycles. The van der Waals surface area contributed by atoms with Crippen LogP contribution in [0.3, 0.4) is 0 Å². The molecule has 0 aliphatic carbocycles. The lowest BCUT2D eigenvalue weighted by atomic mass is 10.1. The first-order chi connectivity index (χ1) is 10.8. The Balaban J connectivity index is 2.09. The van der Waals surface area contributed by atoms with Crippen LogP contribution in [0.1, 0.15) is 24.0 Å². The van der Waals surface area contributed by atoms with E-state index in [1.807, 2.05) is 32.0 Å². The van der Waals surface area contributed by atoms with Crippen LogP contribution in [0.2, 0.25) is 0 Å². The third-order valence-corrected chi connectivity index (χ3v) is 4.38. The van der Waals surface area contributed by atoms with Gasteiger partial charge in [0.05, 0.1) is 12.3 Å². The summed E-state index contributed by atoms with van der Waals surface area (Å²) >= 11 is 0. The summed E-state index contributed by atoms with van der Waals surface area (Å²) in [5.41, 5.74) is 2.98. The SMILES string of the molecule is Cc1cccc(N2CC(C(=O)N(C)CCC(=O)O)CC2=O)c1C. The maximum absolute atomic E-state index is 12.4. The van der Waals surface area contributed by atoms with Crippen molar-refractivity contribution in [2.24, 2.45) is 5.92 Å². The van der Waals surface area contributed by atoms with E-state index in [1.165, 1.54) is 4.90 Å². The average molecular weight is 318 g/mol. The number of carboxylic acid groups (broad SMARTS) is 1. The van der Waals surface area contributed by atoms with Gasteiger partial charge < -0.3 is 14.9 Å². The Hall–Kier alpha value is -2.37. The highest BCUT2D eigenvalue weighted by atomic mass is 16.4. The van der Waals surface area contributed by atoms with Crippen LogP contribution in [0, 0.1) is 19.8 Å². The number of benzene rings is 1. The van der Waals surface area contributed by atoms with Gasteiger partial charge in [-0.15, -0.1) is 0 Å². The molecule has 1 fully saturated rings. The van der Waals surface area contributed by atoms with Crippen LogP contribution in [0.25, 0.3) is 0 Å². The van der Waals surface area contributed by atoms with E-state index in [2.05, 4.69) is 0 Å². The molecule has 1 aliphatic rings. The molecule has 1 aromatic rings. The summed E-state index contributed by atoms with van der Waals surface area (Å²) in [6, 6.07) is 5.78. The van der Waals surface area contributed by atoms with Crippen molar-refractivity contribution in [1.29, 1.82) is 0 Å². The second-order valence-electron chi connectivity index (χ2n) is 6.03. The first-order valence-corrected chi connectivity index (χ1v) is 7.64. The lowest BCUT2D eigenvalue weighted by Crippen LogP contribution is -2.36. The van der Waals surface area contributed by atoms with Crippen LogP contribution in [-0.4, -0.2) is 47.9 Å². The van der Waals surface area contributed by atoms with E-state index >= 15 is 0 Å². The zero-order chi connectivity index (χ0) is 17.1. The maximum atomic E-state index is 12.4. The molecule has 6 heteroatoms. The highest BCUT2D eigenvalue weighted by Gasteiger charge is 2.37. The number of aryl methyl sites for hydroxylation is 1. The molecule has 6 nitrogen and oxygen atoms in total. The van der Waals surface area contributed by atoms with Gasteiger partial charge in [0, 0.05) is 32.2 Å². The van der Waals surface area contributed by atoms with Crippen LogP contribution in [0.15, 0.2) is 18.2 Å².